The van der Waals surface area contributed by atoms with Gasteiger partial charge in [-0.25, -0.2) is 8.78 Å². The van der Waals surface area contributed by atoms with Crippen molar-refractivity contribution in [3.8, 4) is 0 Å². The molecule has 1 radical (unpaired) electrons. The van der Waals surface area contributed by atoms with Crippen molar-refractivity contribution in [1.29, 1.82) is 0 Å². The van der Waals surface area contributed by atoms with Gasteiger partial charge in [0.1, 0.15) is 5.83 Å². The lowest BCUT2D eigenvalue weighted by atomic mass is 10.1. The van der Waals surface area contributed by atoms with E-state index in [0.29, 0.717) is 0 Å². The fourth-order valence-electron chi connectivity index (χ4n) is 0.571. The third-order valence-electron chi connectivity index (χ3n) is 1.04. The third kappa shape index (κ3) is 1.09. The molecule has 0 saturated carbocycles. The van der Waals surface area contributed by atoms with Crippen molar-refractivity contribution < 1.29 is 13.9 Å². The maximum Gasteiger partial charge on any atom is 0.183 e. The minimum atomic E-state index is -0.904. The van der Waals surface area contributed by atoms with Gasteiger partial charge < -0.3 is 5.11 Å². The summed E-state index contributed by atoms with van der Waals surface area (Å²) in [5.41, 5.74) is 0. The molecule has 0 aromatic carbocycles. The van der Waals surface area contributed by atoms with Crippen molar-refractivity contribution >= 4 is 0 Å². The first-order valence-corrected chi connectivity index (χ1v) is 2.49. The Labute approximate surface area is 51.3 Å². The van der Waals surface area contributed by atoms with E-state index >= 15 is 0 Å². The summed E-state index contributed by atoms with van der Waals surface area (Å²) in [5.74, 6) is -2.58. The van der Waals surface area contributed by atoms with Gasteiger partial charge in [-0.1, -0.05) is 0 Å². The molecule has 0 spiro atoms. The van der Waals surface area contributed by atoms with Crippen LogP contribution in [0.5, 0.6) is 0 Å². The van der Waals surface area contributed by atoms with E-state index < -0.39 is 17.4 Å². The van der Waals surface area contributed by atoms with Crippen LogP contribution in [0.15, 0.2) is 23.5 Å². The van der Waals surface area contributed by atoms with Crippen molar-refractivity contribution in [3.63, 3.8) is 0 Å². The summed E-state index contributed by atoms with van der Waals surface area (Å²) in [6, 6.07) is 0. The SMILES string of the molecule is OC1=C(F)C[CH]C=C1F. The summed E-state index contributed by atoms with van der Waals surface area (Å²) in [4.78, 5) is 0. The Hall–Kier alpha value is -0.860. The molecule has 0 aliphatic heterocycles. The summed E-state index contributed by atoms with van der Waals surface area (Å²) in [6.45, 7) is 0. The van der Waals surface area contributed by atoms with Crippen LogP contribution in [0.2, 0.25) is 0 Å². The molecule has 0 aromatic rings. The normalized spacial score (nSPS) is 20.0. The van der Waals surface area contributed by atoms with E-state index in [9.17, 15) is 8.78 Å². The molecule has 0 aromatic heterocycles. The van der Waals surface area contributed by atoms with E-state index in [0.717, 1.165) is 6.08 Å². The molecule has 3 heteroatoms. The van der Waals surface area contributed by atoms with Crippen LogP contribution in [0, 0.1) is 6.42 Å². The summed E-state index contributed by atoms with van der Waals surface area (Å²) in [7, 11) is 0. The molecule has 1 nitrogen and oxygen atoms in total. The Morgan fingerprint density at radius 1 is 1.44 bits per heavy atom. The molecule has 0 fully saturated rings. The Morgan fingerprint density at radius 2 is 2.11 bits per heavy atom. The smallest absolute Gasteiger partial charge is 0.183 e. The van der Waals surface area contributed by atoms with Gasteiger partial charge in [-0.05, 0) is 12.5 Å². The fourth-order valence-corrected chi connectivity index (χ4v) is 0.571. The van der Waals surface area contributed by atoms with Crippen LogP contribution in [-0.2, 0) is 0 Å². The van der Waals surface area contributed by atoms with Gasteiger partial charge in [0.25, 0.3) is 0 Å². The van der Waals surface area contributed by atoms with Gasteiger partial charge in [0, 0.05) is 6.42 Å². The van der Waals surface area contributed by atoms with Crippen LogP contribution in [0.4, 0.5) is 8.78 Å². The first kappa shape index (κ1) is 6.26. The quantitative estimate of drug-likeness (QED) is 0.534. The molecule has 1 aliphatic rings. The Balaban J connectivity index is 2.88. The Kier molecular flexibility index (Phi) is 1.51. The number of halogens is 2. The van der Waals surface area contributed by atoms with E-state index in [1.165, 1.54) is 6.42 Å². The molecule has 1 N–H and O–H groups in total. The highest BCUT2D eigenvalue weighted by Crippen LogP contribution is 2.23. The molecule has 0 saturated heterocycles. The second kappa shape index (κ2) is 2.17. The summed E-state index contributed by atoms with van der Waals surface area (Å²) >= 11 is 0. The Morgan fingerprint density at radius 3 is 2.56 bits per heavy atom. The van der Waals surface area contributed by atoms with Gasteiger partial charge in [-0.15, -0.1) is 0 Å². The molecule has 0 atom stereocenters. The molecule has 1 aliphatic carbocycles. The fraction of sp³-hybridized carbons (Fsp3) is 0.167. The zero-order valence-corrected chi connectivity index (χ0v) is 4.56. The predicted octanol–water partition coefficient (Wildman–Crippen LogP) is 2.19. The Bertz CT molecular complexity index is 181. The predicted molar refractivity (Wildman–Crippen MR) is 28.9 cm³/mol. The number of hydrogen-bond donors (Lipinski definition) is 1. The average Bonchev–Trinajstić information content (AvgIpc) is 1.83. The highest BCUT2D eigenvalue weighted by molar-refractivity contribution is 5.29. The van der Waals surface area contributed by atoms with Crippen molar-refractivity contribution in [2.24, 2.45) is 0 Å². The van der Waals surface area contributed by atoms with Crippen molar-refractivity contribution in [1.82, 2.24) is 0 Å². The van der Waals surface area contributed by atoms with Crippen LogP contribution >= 0.6 is 0 Å². The van der Waals surface area contributed by atoms with E-state index in [4.69, 9.17) is 5.11 Å². The third-order valence-corrected chi connectivity index (χ3v) is 1.04. The van der Waals surface area contributed by atoms with E-state index in [1.807, 2.05) is 0 Å². The standard InChI is InChI=1S/C6H5F2O/c7-4-2-1-3-5(8)6(4)9/h1-2,9H,3H2. The van der Waals surface area contributed by atoms with Gasteiger partial charge in [0.2, 0.25) is 0 Å². The molecule has 9 heavy (non-hydrogen) atoms. The van der Waals surface area contributed by atoms with Crippen molar-refractivity contribution in [3.05, 3.63) is 29.9 Å². The van der Waals surface area contributed by atoms with E-state index in [1.54, 1.807) is 0 Å². The number of rotatable bonds is 0. The van der Waals surface area contributed by atoms with Crippen molar-refractivity contribution in [2.45, 2.75) is 6.42 Å². The highest BCUT2D eigenvalue weighted by atomic mass is 19.1. The van der Waals surface area contributed by atoms with Crippen LogP contribution < -0.4 is 0 Å². The minimum Gasteiger partial charge on any atom is -0.503 e. The number of allylic oxidation sites excluding steroid dienone is 3. The van der Waals surface area contributed by atoms with Gasteiger partial charge in [-0.2, -0.15) is 0 Å². The van der Waals surface area contributed by atoms with E-state index in [-0.39, 0.29) is 6.42 Å². The van der Waals surface area contributed by atoms with Crippen LogP contribution in [-0.4, -0.2) is 5.11 Å². The molecular weight excluding hydrogens is 126 g/mol. The van der Waals surface area contributed by atoms with Gasteiger partial charge in [0.15, 0.2) is 11.6 Å². The highest BCUT2D eigenvalue weighted by Gasteiger charge is 2.13. The minimum absolute atomic E-state index is 0.0146. The monoisotopic (exact) mass is 131 g/mol. The second-order valence-electron chi connectivity index (χ2n) is 1.71. The zero-order chi connectivity index (χ0) is 6.85. The molecule has 0 heterocycles. The zero-order valence-electron chi connectivity index (χ0n) is 4.56. The summed E-state index contributed by atoms with van der Waals surface area (Å²) in [5, 5.41) is 8.49. The molecule has 49 valence electrons. The lowest BCUT2D eigenvalue weighted by Crippen LogP contribution is -1.93. The first-order valence-electron chi connectivity index (χ1n) is 2.49. The first-order chi connectivity index (χ1) is 4.22. The molecule has 0 unspecified atom stereocenters. The topological polar surface area (TPSA) is 20.2 Å². The molecule has 0 amide bonds. The molecular formula is C6H5F2O. The second-order valence-corrected chi connectivity index (χ2v) is 1.71. The van der Waals surface area contributed by atoms with Crippen LogP contribution in [0.3, 0.4) is 0 Å². The summed E-state index contributed by atoms with van der Waals surface area (Å²) in [6.07, 6.45) is 2.34. The lowest BCUT2D eigenvalue weighted by molar-refractivity contribution is 0.354. The van der Waals surface area contributed by atoms with Gasteiger partial charge in [0.05, 0.1) is 0 Å². The number of hydrogen-bond acceptors (Lipinski definition) is 1. The van der Waals surface area contributed by atoms with Gasteiger partial charge >= 0.3 is 0 Å². The maximum atomic E-state index is 12.1. The van der Waals surface area contributed by atoms with Crippen molar-refractivity contribution in [2.75, 3.05) is 0 Å². The van der Waals surface area contributed by atoms with Crippen LogP contribution in [0.1, 0.15) is 6.42 Å². The molecule has 1 rings (SSSR count). The number of aliphatic hydroxyl groups excluding tert-OH is 1. The molecule has 0 bridgehead atoms. The maximum absolute atomic E-state index is 12.1. The largest absolute Gasteiger partial charge is 0.503 e. The van der Waals surface area contributed by atoms with Gasteiger partial charge in [-0.3, -0.25) is 0 Å². The lowest BCUT2D eigenvalue weighted by Gasteiger charge is -2.03. The van der Waals surface area contributed by atoms with Crippen LogP contribution in [0.25, 0.3) is 0 Å². The summed E-state index contributed by atoms with van der Waals surface area (Å²) < 4.78 is 24.3. The number of aliphatic hydroxyl groups is 1. The van der Waals surface area contributed by atoms with E-state index in [2.05, 4.69) is 0 Å². The average molecular weight is 131 g/mol.